The van der Waals surface area contributed by atoms with Crippen molar-refractivity contribution in [3.63, 3.8) is 0 Å². The van der Waals surface area contributed by atoms with Crippen molar-refractivity contribution in [1.29, 1.82) is 0 Å². The Kier molecular flexibility index (Phi) is 5.84. The van der Waals surface area contributed by atoms with Gasteiger partial charge in [0.05, 0.1) is 4.47 Å². The lowest BCUT2D eigenvalue weighted by Gasteiger charge is -2.38. The third-order valence-electron chi connectivity index (χ3n) is 4.89. The lowest BCUT2D eigenvalue weighted by atomic mass is 9.70. The lowest BCUT2D eigenvalue weighted by molar-refractivity contribution is 0.161. The van der Waals surface area contributed by atoms with Crippen molar-refractivity contribution in [2.75, 3.05) is 6.54 Å². The Morgan fingerprint density at radius 2 is 2.00 bits per heavy atom. The molecule has 1 aliphatic rings. The highest BCUT2D eigenvalue weighted by molar-refractivity contribution is 9.10. The molecule has 0 bridgehead atoms. The normalized spacial score (nSPS) is 20.4. The summed E-state index contributed by atoms with van der Waals surface area (Å²) in [6, 6.07) is 5.80. The van der Waals surface area contributed by atoms with Crippen LogP contribution >= 0.6 is 15.9 Å². The summed E-state index contributed by atoms with van der Waals surface area (Å²) in [6.07, 6.45) is 6.04. The topological polar surface area (TPSA) is 12.0 Å². The zero-order valence-corrected chi connectivity index (χ0v) is 15.0. The molecule has 1 fully saturated rings. The van der Waals surface area contributed by atoms with Crippen LogP contribution in [0.2, 0.25) is 0 Å². The van der Waals surface area contributed by atoms with E-state index in [1.807, 2.05) is 12.1 Å². The first-order valence-electron chi connectivity index (χ1n) is 8.09. The summed E-state index contributed by atoms with van der Waals surface area (Å²) in [5.41, 5.74) is 1.57. The van der Waals surface area contributed by atoms with Crippen molar-refractivity contribution in [2.45, 2.75) is 58.9 Å². The van der Waals surface area contributed by atoms with Gasteiger partial charge in [0.1, 0.15) is 5.82 Å². The van der Waals surface area contributed by atoms with Gasteiger partial charge in [-0.05, 0) is 77.5 Å². The second kappa shape index (κ2) is 7.23. The molecule has 21 heavy (non-hydrogen) atoms. The second-order valence-electron chi connectivity index (χ2n) is 7.08. The van der Waals surface area contributed by atoms with Gasteiger partial charge in [0, 0.05) is 6.04 Å². The maximum atomic E-state index is 13.7. The van der Waals surface area contributed by atoms with E-state index in [4.69, 9.17) is 0 Å². The number of hydrogen-bond donors (Lipinski definition) is 1. The fourth-order valence-electron chi connectivity index (χ4n) is 3.43. The Labute approximate surface area is 136 Å². The van der Waals surface area contributed by atoms with Crippen molar-refractivity contribution in [1.82, 2.24) is 5.32 Å². The fourth-order valence-corrected chi connectivity index (χ4v) is 3.86. The predicted molar refractivity (Wildman–Crippen MR) is 91.0 cm³/mol. The van der Waals surface area contributed by atoms with Gasteiger partial charge in [-0.3, -0.25) is 0 Å². The van der Waals surface area contributed by atoms with Crippen LogP contribution < -0.4 is 5.32 Å². The SMILES string of the molecule is CCNC(Cc1cccc(F)c1Br)C1CCC(C)(C)CC1. The first kappa shape index (κ1) is 17.0. The monoisotopic (exact) mass is 355 g/mol. The summed E-state index contributed by atoms with van der Waals surface area (Å²) in [7, 11) is 0. The number of benzene rings is 1. The minimum atomic E-state index is -0.160. The number of halogens is 2. The molecule has 1 N–H and O–H groups in total. The van der Waals surface area contributed by atoms with Crippen LogP contribution in [0.3, 0.4) is 0 Å². The van der Waals surface area contributed by atoms with E-state index in [1.54, 1.807) is 0 Å². The molecule has 0 heterocycles. The summed E-state index contributed by atoms with van der Waals surface area (Å²) >= 11 is 3.40. The second-order valence-corrected chi connectivity index (χ2v) is 7.88. The van der Waals surface area contributed by atoms with E-state index in [0.29, 0.717) is 21.8 Å². The van der Waals surface area contributed by atoms with Crippen LogP contribution in [0.15, 0.2) is 22.7 Å². The fraction of sp³-hybridized carbons (Fsp3) is 0.667. The average Bonchev–Trinajstić information content (AvgIpc) is 2.43. The van der Waals surface area contributed by atoms with Gasteiger partial charge in [0.25, 0.3) is 0 Å². The molecular weight excluding hydrogens is 329 g/mol. The summed E-state index contributed by atoms with van der Waals surface area (Å²) in [5.74, 6) is 0.542. The zero-order chi connectivity index (χ0) is 15.5. The molecule has 0 radical (unpaired) electrons. The maximum Gasteiger partial charge on any atom is 0.137 e. The molecule has 118 valence electrons. The van der Waals surface area contributed by atoms with Crippen molar-refractivity contribution in [3.05, 3.63) is 34.1 Å². The number of rotatable bonds is 5. The first-order chi connectivity index (χ1) is 9.93. The molecule has 1 aliphatic carbocycles. The third-order valence-corrected chi connectivity index (χ3v) is 5.78. The maximum absolute atomic E-state index is 13.7. The molecule has 1 nitrogen and oxygen atoms in total. The highest BCUT2D eigenvalue weighted by Gasteiger charge is 2.31. The molecule has 0 spiro atoms. The highest BCUT2D eigenvalue weighted by Crippen LogP contribution is 2.40. The average molecular weight is 356 g/mol. The van der Waals surface area contributed by atoms with Crippen LogP contribution in [-0.2, 0) is 6.42 Å². The van der Waals surface area contributed by atoms with E-state index < -0.39 is 0 Å². The lowest BCUT2D eigenvalue weighted by Crippen LogP contribution is -2.40. The molecule has 1 saturated carbocycles. The van der Waals surface area contributed by atoms with Crippen molar-refractivity contribution in [2.24, 2.45) is 11.3 Å². The minimum absolute atomic E-state index is 0.160. The molecule has 0 saturated heterocycles. The van der Waals surface area contributed by atoms with Crippen LogP contribution in [-0.4, -0.2) is 12.6 Å². The standard InChI is InChI=1S/C18H27BrFN/c1-4-21-16(13-8-10-18(2,3)11-9-13)12-14-6-5-7-15(20)17(14)19/h5-7,13,16,21H,4,8-12H2,1-3H3. The van der Waals surface area contributed by atoms with E-state index in [2.05, 4.69) is 42.0 Å². The van der Waals surface area contributed by atoms with Gasteiger partial charge in [0.2, 0.25) is 0 Å². The minimum Gasteiger partial charge on any atom is -0.314 e. The van der Waals surface area contributed by atoms with Crippen molar-refractivity contribution >= 4 is 15.9 Å². The van der Waals surface area contributed by atoms with Gasteiger partial charge in [-0.1, -0.05) is 32.9 Å². The molecule has 1 unspecified atom stereocenters. The molecule has 2 rings (SSSR count). The van der Waals surface area contributed by atoms with Crippen LogP contribution in [0.1, 0.15) is 52.0 Å². The van der Waals surface area contributed by atoms with Crippen molar-refractivity contribution < 1.29 is 4.39 Å². The molecule has 0 aliphatic heterocycles. The van der Waals surface area contributed by atoms with E-state index >= 15 is 0 Å². The van der Waals surface area contributed by atoms with Crippen molar-refractivity contribution in [3.8, 4) is 0 Å². The van der Waals surface area contributed by atoms with E-state index in [-0.39, 0.29) is 5.82 Å². The predicted octanol–water partition coefficient (Wildman–Crippen LogP) is 5.33. The summed E-state index contributed by atoms with van der Waals surface area (Å²) < 4.78 is 14.3. The van der Waals surface area contributed by atoms with Crippen LogP contribution in [0.25, 0.3) is 0 Å². The Morgan fingerprint density at radius 1 is 1.33 bits per heavy atom. The van der Waals surface area contributed by atoms with E-state index in [0.717, 1.165) is 18.5 Å². The largest absolute Gasteiger partial charge is 0.314 e. The number of likely N-dealkylation sites (N-methyl/N-ethyl adjacent to an activating group) is 1. The number of nitrogens with one attached hydrogen (secondary N) is 1. The molecule has 1 atom stereocenters. The quantitative estimate of drug-likeness (QED) is 0.752. The van der Waals surface area contributed by atoms with E-state index in [1.165, 1.54) is 31.7 Å². The molecule has 1 aromatic rings. The molecular formula is C18H27BrFN. The van der Waals surface area contributed by atoms with E-state index in [9.17, 15) is 4.39 Å². The molecule has 0 amide bonds. The van der Waals surface area contributed by atoms with Gasteiger partial charge in [-0.15, -0.1) is 0 Å². The Bertz CT molecular complexity index is 462. The summed E-state index contributed by atoms with van der Waals surface area (Å²) in [5, 5.41) is 3.63. The molecule has 1 aromatic carbocycles. The summed E-state index contributed by atoms with van der Waals surface area (Å²) in [6.45, 7) is 7.86. The van der Waals surface area contributed by atoms with Gasteiger partial charge in [-0.2, -0.15) is 0 Å². The highest BCUT2D eigenvalue weighted by atomic mass is 79.9. The third kappa shape index (κ3) is 4.53. The van der Waals surface area contributed by atoms with Gasteiger partial charge < -0.3 is 5.32 Å². The Hall–Kier alpha value is -0.410. The van der Waals surface area contributed by atoms with Gasteiger partial charge in [-0.25, -0.2) is 4.39 Å². The van der Waals surface area contributed by atoms with Gasteiger partial charge >= 0.3 is 0 Å². The first-order valence-corrected chi connectivity index (χ1v) is 8.88. The Morgan fingerprint density at radius 3 is 2.62 bits per heavy atom. The molecule has 3 heteroatoms. The van der Waals surface area contributed by atoms with Gasteiger partial charge in [0.15, 0.2) is 0 Å². The summed E-state index contributed by atoms with van der Waals surface area (Å²) in [4.78, 5) is 0. The Balaban J connectivity index is 2.07. The van der Waals surface area contributed by atoms with Crippen LogP contribution in [0.5, 0.6) is 0 Å². The smallest absolute Gasteiger partial charge is 0.137 e. The number of hydrogen-bond acceptors (Lipinski definition) is 1. The zero-order valence-electron chi connectivity index (χ0n) is 13.4. The van der Waals surface area contributed by atoms with Crippen LogP contribution in [0, 0.1) is 17.2 Å². The molecule has 0 aromatic heterocycles. The van der Waals surface area contributed by atoms with Crippen LogP contribution in [0.4, 0.5) is 4.39 Å².